The molecule has 0 aliphatic heterocycles. The van der Waals surface area contributed by atoms with Crippen molar-refractivity contribution in [2.75, 3.05) is 0 Å². The molecule has 1 aromatic rings. The molecule has 2 aliphatic carbocycles. The number of benzene rings is 1. The zero-order chi connectivity index (χ0) is 13.9. The Kier molecular flexibility index (Phi) is 4.45. The van der Waals surface area contributed by atoms with E-state index in [4.69, 9.17) is 0 Å². The molecule has 20 heavy (non-hydrogen) atoms. The topological polar surface area (TPSA) is 12.0 Å². The fraction of sp³-hybridized carbons (Fsp3) is 0.684. The highest BCUT2D eigenvalue weighted by Gasteiger charge is 2.28. The minimum Gasteiger partial charge on any atom is -0.310 e. The summed E-state index contributed by atoms with van der Waals surface area (Å²) < 4.78 is 0. The Hall–Kier alpha value is -0.820. The van der Waals surface area contributed by atoms with Gasteiger partial charge in [0, 0.05) is 12.6 Å². The van der Waals surface area contributed by atoms with Gasteiger partial charge in [0.05, 0.1) is 0 Å². The largest absolute Gasteiger partial charge is 0.310 e. The highest BCUT2D eigenvalue weighted by molar-refractivity contribution is 5.33. The maximum Gasteiger partial charge on any atom is 0.0211 e. The molecule has 1 heteroatoms. The van der Waals surface area contributed by atoms with E-state index < -0.39 is 0 Å². The van der Waals surface area contributed by atoms with Gasteiger partial charge in [-0.3, -0.25) is 0 Å². The maximum atomic E-state index is 3.89. The monoisotopic (exact) mass is 271 g/mol. The standard InChI is InChI=1S/C19H29N/c1-14(2)17-8-5-6-10-19(17)20-13-16-7-3-4-9-18(16)15-11-12-15/h3-4,7,9,14-15,17,19-20H,5-6,8,10-13H2,1-2H3. The lowest BCUT2D eigenvalue weighted by Gasteiger charge is -2.35. The molecule has 1 N–H and O–H groups in total. The van der Waals surface area contributed by atoms with E-state index in [1.54, 1.807) is 11.1 Å². The summed E-state index contributed by atoms with van der Waals surface area (Å²) in [5.74, 6) is 2.54. The molecular formula is C19H29N. The molecule has 0 aromatic heterocycles. The van der Waals surface area contributed by atoms with E-state index in [0.29, 0.717) is 0 Å². The second-order valence-corrected chi connectivity index (χ2v) is 7.15. The van der Waals surface area contributed by atoms with E-state index in [9.17, 15) is 0 Å². The minimum atomic E-state index is 0.732. The van der Waals surface area contributed by atoms with Crippen molar-refractivity contribution in [3.8, 4) is 0 Å². The van der Waals surface area contributed by atoms with Crippen molar-refractivity contribution in [1.82, 2.24) is 5.32 Å². The second kappa shape index (κ2) is 6.30. The summed E-state index contributed by atoms with van der Waals surface area (Å²) in [4.78, 5) is 0. The third-order valence-electron chi connectivity index (χ3n) is 5.30. The van der Waals surface area contributed by atoms with Crippen LogP contribution in [-0.4, -0.2) is 6.04 Å². The van der Waals surface area contributed by atoms with E-state index >= 15 is 0 Å². The van der Waals surface area contributed by atoms with Crippen LogP contribution in [0, 0.1) is 11.8 Å². The Morgan fingerprint density at radius 1 is 1.05 bits per heavy atom. The average molecular weight is 271 g/mol. The molecular weight excluding hydrogens is 242 g/mol. The lowest BCUT2D eigenvalue weighted by molar-refractivity contribution is 0.204. The molecule has 0 radical (unpaired) electrons. The summed E-state index contributed by atoms with van der Waals surface area (Å²) in [6.45, 7) is 5.85. The van der Waals surface area contributed by atoms with Gasteiger partial charge in [0.15, 0.2) is 0 Å². The molecule has 1 aromatic carbocycles. The van der Waals surface area contributed by atoms with Crippen molar-refractivity contribution in [3.63, 3.8) is 0 Å². The van der Waals surface area contributed by atoms with Gasteiger partial charge >= 0.3 is 0 Å². The Morgan fingerprint density at radius 3 is 2.55 bits per heavy atom. The van der Waals surface area contributed by atoms with Gasteiger partial charge in [0.25, 0.3) is 0 Å². The Labute approximate surface area is 124 Å². The summed E-state index contributed by atoms with van der Waals surface area (Å²) in [7, 11) is 0. The molecule has 2 aliphatic rings. The van der Waals surface area contributed by atoms with Crippen molar-refractivity contribution in [3.05, 3.63) is 35.4 Å². The van der Waals surface area contributed by atoms with Crippen molar-refractivity contribution < 1.29 is 0 Å². The molecule has 0 amide bonds. The fourth-order valence-corrected chi connectivity index (χ4v) is 3.94. The van der Waals surface area contributed by atoms with E-state index in [-0.39, 0.29) is 0 Å². The van der Waals surface area contributed by atoms with Crippen LogP contribution in [0.25, 0.3) is 0 Å². The van der Waals surface area contributed by atoms with Crippen molar-refractivity contribution in [2.24, 2.45) is 11.8 Å². The summed E-state index contributed by atoms with van der Waals surface area (Å²) in [5, 5.41) is 3.89. The van der Waals surface area contributed by atoms with Crippen LogP contribution >= 0.6 is 0 Å². The number of hydrogen-bond acceptors (Lipinski definition) is 1. The Bertz CT molecular complexity index is 433. The molecule has 0 saturated heterocycles. The molecule has 2 saturated carbocycles. The first-order valence-corrected chi connectivity index (χ1v) is 8.57. The van der Waals surface area contributed by atoms with Crippen LogP contribution in [-0.2, 0) is 6.54 Å². The van der Waals surface area contributed by atoms with Crippen molar-refractivity contribution in [2.45, 2.75) is 70.9 Å². The molecule has 2 fully saturated rings. The lowest BCUT2D eigenvalue weighted by atomic mass is 9.78. The van der Waals surface area contributed by atoms with E-state index in [1.165, 1.54) is 38.5 Å². The van der Waals surface area contributed by atoms with Crippen LogP contribution in [0.15, 0.2) is 24.3 Å². The van der Waals surface area contributed by atoms with Gasteiger partial charge < -0.3 is 5.32 Å². The predicted molar refractivity (Wildman–Crippen MR) is 85.8 cm³/mol. The first-order valence-electron chi connectivity index (χ1n) is 8.57. The summed E-state index contributed by atoms with van der Waals surface area (Å²) in [6.07, 6.45) is 8.42. The Balaban J connectivity index is 1.63. The van der Waals surface area contributed by atoms with E-state index in [1.807, 2.05) is 0 Å². The molecule has 110 valence electrons. The summed E-state index contributed by atoms with van der Waals surface area (Å²) in [5.41, 5.74) is 3.15. The zero-order valence-electron chi connectivity index (χ0n) is 13.1. The van der Waals surface area contributed by atoms with Gasteiger partial charge in [0.2, 0.25) is 0 Å². The Morgan fingerprint density at radius 2 is 1.80 bits per heavy atom. The highest BCUT2D eigenvalue weighted by atomic mass is 14.9. The highest BCUT2D eigenvalue weighted by Crippen LogP contribution is 2.41. The third-order valence-corrected chi connectivity index (χ3v) is 5.30. The normalized spacial score (nSPS) is 26.9. The van der Waals surface area contributed by atoms with Crippen molar-refractivity contribution >= 4 is 0 Å². The average Bonchev–Trinajstić information content (AvgIpc) is 3.30. The molecule has 0 bridgehead atoms. The van der Waals surface area contributed by atoms with Crippen LogP contribution in [0.1, 0.15) is 69.4 Å². The first-order chi connectivity index (χ1) is 9.75. The van der Waals surface area contributed by atoms with Crippen LogP contribution in [0.5, 0.6) is 0 Å². The van der Waals surface area contributed by atoms with Gasteiger partial charge in [-0.25, -0.2) is 0 Å². The van der Waals surface area contributed by atoms with Gasteiger partial charge in [-0.1, -0.05) is 51.0 Å². The number of nitrogens with one attached hydrogen (secondary N) is 1. The van der Waals surface area contributed by atoms with Crippen LogP contribution in [0.3, 0.4) is 0 Å². The smallest absolute Gasteiger partial charge is 0.0211 e. The van der Waals surface area contributed by atoms with Crippen molar-refractivity contribution in [1.29, 1.82) is 0 Å². The zero-order valence-corrected chi connectivity index (χ0v) is 13.1. The molecule has 1 nitrogen and oxygen atoms in total. The second-order valence-electron chi connectivity index (χ2n) is 7.15. The minimum absolute atomic E-state index is 0.732. The van der Waals surface area contributed by atoms with Gasteiger partial charge in [-0.15, -0.1) is 0 Å². The van der Waals surface area contributed by atoms with E-state index in [2.05, 4.69) is 43.4 Å². The maximum absolute atomic E-state index is 3.89. The first kappa shape index (κ1) is 14.1. The van der Waals surface area contributed by atoms with Crippen LogP contribution in [0.2, 0.25) is 0 Å². The molecule has 3 rings (SSSR count). The number of hydrogen-bond donors (Lipinski definition) is 1. The van der Waals surface area contributed by atoms with E-state index in [0.717, 1.165) is 30.3 Å². The molecule has 2 atom stereocenters. The van der Waals surface area contributed by atoms with Crippen LogP contribution < -0.4 is 5.32 Å². The molecule has 2 unspecified atom stereocenters. The quantitative estimate of drug-likeness (QED) is 0.805. The molecule has 0 heterocycles. The lowest BCUT2D eigenvalue weighted by Crippen LogP contribution is -2.40. The molecule has 0 spiro atoms. The van der Waals surface area contributed by atoms with Gasteiger partial charge in [0.1, 0.15) is 0 Å². The SMILES string of the molecule is CC(C)C1CCCCC1NCc1ccccc1C1CC1. The van der Waals surface area contributed by atoms with Crippen LogP contribution in [0.4, 0.5) is 0 Å². The number of rotatable bonds is 5. The van der Waals surface area contributed by atoms with Gasteiger partial charge in [-0.05, 0) is 54.6 Å². The van der Waals surface area contributed by atoms with Gasteiger partial charge in [-0.2, -0.15) is 0 Å². The third kappa shape index (κ3) is 3.25. The summed E-state index contributed by atoms with van der Waals surface area (Å²) in [6, 6.07) is 9.80. The summed E-state index contributed by atoms with van der Waals surface area (Å²) >= 11 is 0. The fourth-order valence-electron chi connectivity index (χ4n) is 3.94. The predicted octanol–water partition coefficient (Wildman–Crippen LogP) is 4.87.